The molecule has 37 heavy (non-hydrogen) atoms. The molecule has 2 aromatic heterocycles. The minimum atomic E-state index is -4.63. The van der Waals surface area contributed by atoms with Crippen LogP contribution < -0.4 is 21.3 Å². The van der Waals surface area contributed by atoms with Crippen molar-refractivity contribution in [2.75, 3.05) is 25.5 Å². The van der Waals surface area contributed by atoms with Gasteiger partial charge in [-0.05, 0) is 22.9 Å². The van der Waals surface area contributed by atoms with E-state index in [-0.39, 0.29) is 17.9 Å². The maximum absolute atomic E-state index is 13.5. The summed E-state index contributed by atoms with van der Waals surface area (Å²) >= 11 is 1.25. The molecular formula is C20H24N9O5S3+. The average molecular weight is 567 g/mol. The minimum Gasteiger partial charge on any atom is -0.381 e. The van der Waals surface area contributed by atoms with E-state index in [4.69, 9.17) is 15.6 Å². The van der Waals surface area contributed by atoms with Gasteiger partial charge in [-0.25, -0.2) is 31.7 Å². The van der Waals surface area contributed by atoms with Crippen LogP contribution in [0.1, 0.15) is 12.8 Å². The summed E-state index contributed by atoms with van der Waals surface area (Å²) in [5.41, 5.74) is 10.6. The topological polar surface area (TPSA) is 237 Å². The number of nitrogens with two attached hydrogens (primary N) is 2. The van der Waals surface area contributed by atoms with Crippen molar-refractivity contribution in [2.45, 2.75) is 28.2 Å². The zero-order valence-corrected chi connectivity index (χ0v) is 21.8. The van der Waals surface area contributed by atoms with Gasteiger partial charge in [-0.15, -0.1) is 10.2 Å². The van der Waals surface area contributed by atoms with Gasteiger partial charge in [0, 0.05) is 18.4 Å². The number of nitrogen functional groups attached to an aromatic ring is 1. The largest absolute Gasteiger partial charge is 0.381 e. The van der Waals surface area contributed by atoms with Gasteiger partial charge >= 0.3 is 0 Å². The number of tetrazole rings is 1. The van der Waals surface area contributed by atoms with E-state index in [1.165, 1.54) is 23.5 Å². The Morgan fingerprint density at radius 2 is 1.89 bits per heavy atom. The molecule has 0 aliphatic carbocycles. The molecule has 3 heterocycles. The van der Waals surface area contributed by atoms with Crippen molar-refractivity contribution < 1.29 is 27.3 Å². The number of para-hydroxylation sites is 1. The molecule has 0 unspecified atom stereocenters. The highest BCUT2D eigenvalue weighted by Crippen LogP contribution is 2.41. The highest BCUT2D eigenvalue weighted by Gasteiger charge is 2.36. The Hall–Kier alpha value is -3.06. The van der Waals surface area contributed by atoms with Crippen molar-refractivity contribution in [3.63, 3.8) is 0 Å². The van der Waals surface area contributed by atoms with E-state index in [1.807, 2.05) is 6.07 Å². The summed E-state index contributed by atoms with van der Waals surface area (Å²) < 4.78 is 61.5. The second-order valence-corrected chi connectivity index (χ2v) is 13.0. The van der Waals surface area contributed by atoms with Crippen LogP contribution in [0.4, 0.5) is 5.13 Å². The summed E-state index contributed by atoms with van der Waals surface area (Å²) in [6.45, 7) is 0.896. The first-order chi connectivity index (χ1) is 17.5. The molecule has 0 atom stereocenters. The van der Waals surface area contributed by atoms with Crippen LogP contribution in [0.2, 0.25) is 0 Å². The molecule has 1 aliphatic rings. The zero-order valence-electron chi connectivity index (χ0n) is 19.3. The average Bonchev–Trinajstić information content (AvgIpc) is 3.51. The number of nitrogens with zero attached hydrogens (tertiary/aromatic N) is 4. The van der Waals surface area contributed by atoms with Crippen molar-refractivity contribution in [3.05, 3.63) is 30.3 Å². The molecule has 17 heteroatoms. The van der Waals surface area contributed by atoms with Gasteiger partial charge in [0.25, 0.3) is 0 Å². The lowest BCUT2D eigenvalue weighted by molar-refractivity contribution is -0.485. The molecule has 0 radical (unpaired) electrons. The smallest absolute Gasteiger partial charge is 0.242 e. The fourth-order valence-corrected chi connectivity index (χ4v) is 7.78. The molecule has 2 aromatic carbocycles. The standard InChI is InChI=1S/C20H23N9O5S3/c21-19-25-16-12(2-1-3-13(16)35-19)11-4-5-14(17(36(23,30)31)15(11)18-26-28-29-27-18)37(32,33)24-10-20(22)6-8-34-9-7-20/h1-5,24H,6-10,22H2,(H2,21,25)(H2,23,30,31)(H,26,27,28,29)/p+1. The number of fused-ring (bicyclic) bond motifs is 1. The van der Waals surface area contributed by atoms with Gasteiger partial charge in [0.2, 0.25) is 25.9 Å². The predicted molar refractivity (Wildman–Crippen MR) is 135 cm³/mol. The summed E-state index contributed by atoms with van der Waals surface area (Å²) in [4.78, 5) is 3.16. The number of primary sulfonamides is 1. The van der Waals surface area contributed by atoms with Crippen molar-refractivity contribution >= 4 is 46.7 Å². The molecule has 9 N–H and O–H groups in total. The highest BCUT2D eigenvalue weighted by atomic mass is 32.2. The van der Waals surface area contributed by atoms with Crippen molar-refractivity contribution in [2.24, 2.45) is 5.14 Å². The molecule has 4 aromatic rings. The number of quaternary nitrogens is 1. The van der Waals surface area contributed by atoms with Gasteiger partial charge in [0.15, 0.2) is 5.13 Å². The second-order valence-electron chi connectivity index (χ2n) is 8.74. The van der Waals surface area contributed by atoms with Gasteiger partial charge in [-0.3, -0.25) is 0 Å². The number of hydrogen-bond acceptors (Lipinski definition) is 11. The SMILES string of the molecule is Nc1nc2c(-c3ccc(S(=O)(=O)NCC4([NH3+])CCOCC4)c(S(N)(=O)=O)c3-c3nn[nH]n3)cccc2s1. The fraction of sp³-hybridized carbons (Fsp3) is 0.300. The molecule has 0 saturated carbocycles. The van der Waals surface area contributed by atoms with Crippen LogP contribution in [0, 0.1) is 0 Å². The Morgan fingerprint density at radius 3 is 2.57 bits per heavy atom. The first kappa shape index (κ1) is 25.6. The molecule has 196 valence electrons. The number of benzene rings is 2. The zero-order chi connectivity index (χ0) is 26.4. The fourth-order valence-electron chi connectivity index (χ4n) is 4.26. The van der Waals surface area contributed by atoms with E-state index >= 15 is 0 Å². The van der Waals surface area contributed by atoms with E-state index in [1.54, 1.807) is 12.1 Å². The first-order valence-electron chi connectivity index (χ1n) is 11.0. The molecule has 5 rings (SSSR count). The molecule has 1 fully saturated rings. The Bertz CT molecular complexity index is 1680. The van der Waals surface area contributed by atoms with Crippen LogP contribution in [-0.4, -0.2) is 67.7 Å². The van der Waals surface area contributed by atoms with Crippen LogP contribution in [0.15, 0.2) is 40.1 Å². The Kier molecular flexibility index (Phi) is 6.47. The van der Waals surface area contributed by atoms with Crippen molar-refractivity contribution in [1.82, 2.24) is 30.3 Å². The molecule has 0 bridgehead atoms. The minimum absolute atomic E-state index is 0.0144. The number of thiazole rings is 1. The number of hydrogen-bond donors (Lipinski definition) is 5. The van der Waals surface area contributed by atoms with E-state index < -0.39 is 35.4 Å². The quantitative estimate of drug-likeness (QED) is 0.191. The Balaban J connectivity index is 1.72. The van der Waals surface area contributed by atoms with Gasteiger partial charge in [-0.1, -0.05) is 29.5 Å². The van der Waals surface area contributed by atoms with Crippen LogP contribution in [0.25, 0.3) is 32.7 Å². The summed E-state index contributed by atoms with van der Waals surface area (Å²) in [7, 11) is -9.00. The van der Waals surface area contributed by atoms with E-state index in [0.717, 1.165) is 4.70 Å². The number of nitrogens with one attached hydrogen (secondary N) is 2. The number of ether oxygens (including phenoxy) is 1. The number of rotatable bonds is 7. The number of aromatic amines is 1. The number of anilines is 1. The van der Waals surface area contributed by atoms with E-state index in [9.17, 15) is 16.8 Å². The molecule has 1 aliphatic heterocycles. The molecule has 0 amide bonds. The third-order valence-electron chi connectivity index (χ3n) is 6.18. The molecule has 1 saturated heterocycles. The van der Waals surface area contributed by atoms with Gasteiger partial charge in [0.05, 0.1) is 35.5 Å². The lowest BCUT2D eigenvalue weighted by Crippen LogP contribution is -2.78. The number of sulfonamides is 2. The predicted octanol–water partition coefficient (Wildman–Crippen LogP) is -0.558. The third-order valence-corrected chi connectivity index (χ3v) is 9.60. The van der Waals surface area contributed by atoms with Crippen molar-refractivity contribution in [1.29, 1.82) is 0 Å². The van der Waals surface area contributed by atoms with Gasteiger partial charge in [-0.2, -0.15) is 5.21 Å². The Morgan fingerprint density at radius 1 is 1.14 bits per heavy atom. The van der Waals surface area contributed by atoms with Crippen LogP contribution >= 0.6 is 11.3 Å². The lowest BCUT2D eigenvalue weighted by Gasteiger charge is -2.30. The summed E-state index contributed by atoms with van der Waals surface area (Å²) in [5, 5.41) is 19.6. The third kappa shape index (κ3) is 4.93. The van der Waals surface area contributed by atoms with Crippen LogP contribution in [0.3, 0.4) is 0 Å². The summed E-state index contributed by atoms with van der Waals surface area (Å²) in [6, 6.07) is 7.93. The number of aromatic nitrogens is 5. The van der Waals surface area contributed by atoms with Gasteiger partial charge < -0.3 is 16.2 Å². The van der Waals surface area contributed by atoms with Crippen LogP contribution in [-0.2, 0) is 24.8 Å². The second kappa shape index (κ2) is 9.35. The highest BCUT2D eigenvalue weighted by molar-refractivity contribution is 7.92. The normalized spacial score (nSPS) is 16.3. The number of H-pyrrole nitrogens is 1. The lowest BCUT2D eigenvalue weighted by atomic mass is 9.92. The molecule has 14 nitrogen and oxygen atoms in total. The maximum Gasteiger partial charge on any atom is 0.242 e. The van der Waals surface area contributed by atoms with E-state index in [0.29, 0.717) is 47.8 Å². The summed E-state index contributed by atoms with van der Waals surface area (Å²) in [5.74, 6) is -0.158. The Labute approximate surface area is 215 Å². The monoisotopic (exact) mass is 566 g/mol. The maximum atomic E-state index is 13.5. The molecular weight excluding hydrogens is 542 g/mol. The molecule has 0 spiro atoms. The summed E-state index contributed by atoms with van der Waals surface area (Å²) in [6.07, 6.45) is 1.09. The van der Waals surface area contributed by atoms with Crippen molar-refractivity contribution in [3.8, 4) is 22.5 Å². The van der Waals surface area contributed by atoms with Crippen LogP contribution in [0.5, 0.6) is 0 Å². The van der Waals surface area contributed by atoms with Gasteiger partial charge in [0.1, 0.15) is 15.3 Å². The van der Waals surface area contributed by atoms with E-state index in [2.05, 4.69) is 36.1 Å². The first-order valence-corrected chi connectivity index (χ1v) is 14.8.